The van der Waals surface area contributed by atoms with E-state index in [-0.39, 0.29) is 10.9 Å². The van der Waals surface area contributed by atoms with Gasteiger partial charge in [-0.15, -0.1) is 0 Å². The van der Waals surface area contributed by atoms with Gasteiger partial charge in [0.05, 0.1) is 6.61 Å². The summed E-state index contributed by atoms with van der Waals surface area (Å²) in [6, 6.07) is 5.57. The Morgan fingerprint density at radius 1 is 1.29 bits per heavy atom. The zero-order chi connectivity index (χ0) is 15.8. The summed E-state index contributed by atoms with van der Waals surface area (Å²) in [5, 5.41) is 12.3. The molecule has 2 rings (SSSR count). The highest BCUT2D eigenvalue weighted by Crippen LogP contribution is 2.36. The van der Waals surface area contributed by atoms with Gasteiger partial charge in [-0.3, -0.25) is 0 Å². The van der Waals surface area contributed by atoms with Crippen molar-refractivity contribution in [1.29, 1.82) is 0 Å². The van der Waals surface area contributed by atoms with Gasteiger partial charge in [0.2, 0.25) is 0 Å². The van der Waals surface area contributed by atoms with Crippen LogP contribution in [-0.2, 0) is 11.0 Å². The summed E-state index contributed by atoms with van der Waals surface area (Å²) in [5.41, 5.74) is 6.43. The summed E-state index contributed by atoms with van der Waals surface area (Å²) in [4.78, 5) is 0. The Balaban J connectivity index is 2.09. The van der Waals surface area contributed by atoms with Crippen molar-refractivity contribution in [3.05, 3.63) is 24.4 Å². The molecule has 2 aromatic rings. The molecule has 0 bridgehead atoms. The molecule has 0 saturated carbocycles. The zero-order valence-corrected chi connectivity index (χ0v) is 14.6. The Bertz CT molecular complexity index is 641. The fourth-order valence-electron chi connectivity index (χ4n) is 2.05. The monoisotopic (exact) mass is 306 g/mol. The van der Waals surface area contributed by atoms with Crippen molar-refractivity contribution in [3.8, 4) is 5.88 Å². The second-order valence-electron chi connectivity index (χ2n) is 7.10. The number of fused-ring (bicyclic) bond motifs is 1. The van der Waals surface area contributed by atoms with Gasteiger partial charge in [-0.2, -0.15) is 0 Å². The summed E-state index contributed by atoms with van der Waals surface area (Å²) in [6.45, 7) is 12.4. The molecule has 0 saturated heterocycles. The van der Waals surface area contributed by atoms with Crippen LogP contribution in [0.2, 0.25) is 18.1 Å². The van der Waals surface area contributed by atoms with Crippen molar-refractivity contribution in [2.75, 3.05) is 12.3 Å². The van der Waals surface area contributed by atoms with E-state index in [0.29, 0.717) is 18.8 Å². The first-order chi connectivity index (χ1) is 9.62. The molecule has 0 fully saturated rings. The second-order valence-corrected chi connectivity index (χ2v) is 11.9. The Kier molecular flexibility index (Phi) is 4.08. The molecule has 116 valence electrons. The molecule has 1 aromatic carbocycles. The number of nitrogens with two attached hydrogens (primary N) is 1. The van der Waals surface area contributed by atoms with Crippen LogP contribution in [0, 0.1) is 0 Å². The van der Waals surface area contributed by atoms with Crippen LogP contribution in [0.15, 0.2) is 24.4 Å². The van der Waals surface area contributed by atoms with Crippen LogP contribution in [0.4, 0.5) is 5.69 Å². The third kappa shape index (κ3) is 3.24. The first-order valence-corrected chi connectivity index (χ1v) is 10.2. The summed E-state index contributed by atoms with van der Waals surface area (Å²) in [5.74, 6) is 0.260. The lowest BCUT2D eigenvalue weighted by atomic mass is 10.2. The van der Waals surface area contributed by atoms with Crippen LogP contribution in [0.25, 0.3) is 10.8 Å². The standard InChI is InChI=1S/C16H26N2O2Si/c1-16(2,3)21(4,5)20-9-8-18-11-12-6-7-13(17)10-14(12)15(18)19/h6-7,10-11,19H,8-9,17H2,1-5H3. The molecule has 3 N–H and O–H groups in total. The minimum Gasteiger partial charge on any atom is -0.494 e. The largest absolute Gasteiger partial charge is 0.494 e. The molecule has 5 heteroatoms. The fraction of sp³-hybridized carbons (Fsp3) is 0.500. The number of hydrogen-bond donors (Lipinski definition) is 2. The van der Waals surface area contributed by atoms with Gasteiger partial charge < -0.3 is 19.8 Å². The average Bonchev–Trinajstić information content (AvgIpc) is 2.65. The predicted molar refractivity (Wildman–Crippen MR) is 91.2 cm³/mol. The lowest BCUT2D eigenvalue weighted by Crippen LogP contribution is -2.41. The second kappa shape index (κ2) is 5.39. The quantitative estimate of drug-likeness (QED) is 0.664. The molecule has 0 aliphatic carbocycles. The van der Waals surface area contributed by atoms with E-state index < -0.39 is 8.32 Å². The molecule has 0 atom stereocenters. The number of aromatic hydroxyl groups is 1. The molecular formula is C16H26N2O2Si. The maximum atomic E-state index is 10.3. The van der Waals surface area contributed by atoms with Crippen molar-refractivity contribution in [3.63, 3.8) is 0 Å². The van der Waals surface area contributed by atoms with Gasteiger partial charge in [0.1, 0.15) is 0 Å². The number of nitrogens with zero attached hydrogens (tertiary/aromatic N) is 1. The molecule has 0 spiro atoms. The predicted octanol–water partition coefficient (Wildman–Crippen LogP) is 3.95. The van der Waals surface area contributed by atoms with Gasteiger partial charge >= 0.3 is 0 Å². The van der Waals surface area contributed by atoms with Crippen molar-refractivity contribution >= 4 is 24.8 Å². The Labute approximate surface area is 127 Å². The van der Waals surface area contributed by atoms with Gasteiger partial charge in [-0.05, 0) is 30.3 Å². The van der Waals surface area contributed by atoms with Crippen molar-refractivity contribution < 1.29 is 9.53 Å². The Hall–Kier alpha value is -1.46. The van der Waals surface area contributed by atoms with Gasteiger partial charge in [0.15, 0.2) is 14.2 Å². The van der Waals surface area contributed by atoms with E-state index in [4.69, 9.17) is 10.2 Å². The van der Waals surface area contributed by atoms with Gasteiger partial charge in [0.25, 0.3) is 0 Å². The van der Waals surface area contributed by atoms with E-state index in [9.17, 15) is 5.11 Å². The van der Waals surface area contributed by atoms with Gasteiger partial charge in [-0.1, -0.05) is 26.8 Å². The molecule has 0 aliphatic rings. The van der Waals surface area contributed by atoms with Gasteiger partial charge in [0, 0.05) is 29.2 Å². The topological polar surface area (TPSA) is 60.4 Å². The van der Waals surface area contributed by atoms with E-state index in [0.717, 1.165) is 10.8 Å². The zero-order valence-electron chi connectivity index (χ0n) is 13.6. The molecule has 0 unspecified atom stereocenters. The molecule has 0 aliphatic heterocycles. The molecule has 0 radical (unpaired) electrons. The number of anilines is 1. The Morgan fingerprint density at radius 2 is 1.95 bits per heavy atom. The highest BCUT2D eigenvalue weighted by Gasteiger charge is 2.36. The average molecular weight is 306 g/mol. The van der Waals surface area contributed by atoms with E-state index in [1.165, 1.54) is 0 Å². The summed E-state index contributed by atoms with van der Waals surface area (Å²) < 4.78 is 7.99. The van der Waals surface area contributed by atoms with Crippen molar-refractivity contribution in [1.82, 2.24) is 4.57 Å². The minimum absolute atomic E-state index is 0.199. The van der Waals surface area contributed by atoms with Crippen LogP contribution in [0.3, 0.4) is 0 Å². The van der Waals surface area contributed by atoms with Crippen molar-refractivity contribution in [2.45, 2.75) is 45.4 Å². The minimum atomic E-state index is -1.74. The molecule has 21 heavy (non-hydrogen) atoms. The summed E-state index contributed by atoms with van der Waals surface area (Å²) in [7, 11) is -1.74. The summed E-state index contributed by atoms with van der Waals surface area (Å²) in [6.07, 6.45) is 1.94. The van der Waals surface area contributed by atoms with Crippen LogP contribution < -0.4 is 5.73 Å². The van der Waals surface area contributed by atoms with E-state index in [1.54, 1.807) is 6.07 Å². The first-order valence-electron chi connectivity index (χ1n) is 7.33. The van der Waals surface area contributed by atoms with E-state index in [1.807, 2.05) is 22.9 Å². The lowest BCUT2D eigenvalue weighted by molar-refractivity contribution is 0.265. The SMILES string of the molecule is CC(C)(C)[Si](C)(C)OCCn1cc2ccc(N)cc2c1O. The van der Waals surface area contributed by atoms with E-state index in [2.05, 4.69) is 33.9 Å². The smallest absolute Gasteiger partial charge is 0.199 e. The maximum Gasteiger partial charge on any atom is 0.199 e. The first kappa shape index (κ1) is 15.9. The molecule has 4 nitrogen and oxygen atoms in total. The third-order valence-corrected chi connectivity index (χ3v) is 9.02. The van der Waals surface area contributed by atoms with Crippen LogP contribution in [-0.4, -0.2) is 24.6 Å². The lowest BCUT2D eigenvalue weighted by Gasteiger charge is -2.36. The van der Waals surface area contributed by atoms with E-state index >= 15 is 0 Å². The number of hydrogen-bond acceptors (Lipinski definition) is 3. The summed E-state index contributed by atoms with van der Waals surface area (Å²) >= 11 is 0. The number of benzene rings is 1. The highest BCUT2D eigenvalue weighted by atomic mass is 28.4. The number of aromatic nitrogens is 1. The van der Waals surface area contributed by atoms with Crippen LogP contribution >= 0.6 is 0 Å². The normalized spacial score (nSPS) is 13.0. The molecule has 1 aromatic heterocycles. The van der Waals surface area contributed by atoms with Crippen LogP contribution in [0.5, 0.6) is 5.88 Å². The van der Waals surface area contributed by atoms with Crippen LogP contribution in [0.1, 0.15) is 20.8 Å². The van der Waals surface area contributed by atoms with Crippen molar-refractivity contribution in [2.24, 2.45) is 0 Å². The highest BCUT2D eigenvalue weighted by molar-refractivity contribution is 6.74. The molecule has 0 amide bonds. The number of rotatable bonds is 4. The third-order valence-electron chi connectivity index (χ3n) is 4.49. The maximum absolute atomic E-state index is 10.3. The number of nitrogen functional groups attached to an aromatic ring is 1. The van der Waals surface area contributed by atoms with Gasteiger partial charge in [-0.25, -0.2) is 0 Å². The fourth-order valence-corrected chi connectivity index (χ4v) is 3.08. The molecular weight excluding hydrogens is 280 g/mol. The molecule has 1 heterocycles. The Morgan fingerprint density at radius 3 is 2.57 bits per heavy atom.